The molecule has 0 saturated carbocycles. The van der Waals surface area contributed by atoms with Crippen molar-refractivity contribution in [3.8, 4) is 11.1 Å². The highest BCUT2D eigenvalue weighted by molar-refractivity contribution is 7.52. The lowest BCUT2D eigenvalue weighted by molar-refractivity contribution is 0.282. The molecule has 1 aromatic carbocycles. The van der Waals surface area contributed by atoms with Crippen LogP contribution in [0.25, 0.3) is 11.1 Å². The van der Waals surface area contributed by atoms with Gasteiger partial charge in [0, 0.05) is 6.20 Å². The SMILES string of the molecule is CC(Nc1cc(-c2ccc(CO)cc2)ccn1)P(=O)(O)O. The summed E-state index contributed by atoms with van der Waals surface area (Å²) in [6.07, 6.45) is 1.57. The molecule has 0 amide bonds. The summed E-state index contributed by atoms with van der Waals surface area (Å²) < 4.78 is 11.1. The second kappa shape index (κ2) is 6.37. The minimum Gasteiger partial charge on any atom is -0.392 e. The maximum atomic E-state index is 11.1. The van der Waals surface area contributed by atoms with Gasteiger partial charge in [-0.15, -0.1) is 0 Å². The first-order chi connectivity index (χ1) is 9.90. The third kappa shape index (κ3) is 4.12. The Bertz CT molecular complexity index is 654. The molecule has 0 radical (unpaired) electrons. The standard InChI is InChI=1S/C14H17N2O4P/c1-10(21(18,19)20)16-14-8-13(6-7-15-14)12-4-2-11(9-17)3-5-12/h2-8,10,17H,9H2,1H3,(H,15,16)(H2,18,19,20). The first-order valence-electron chi connectivity index (χ1n) is 6.38. The number of benzene rings is 1. The van der Waals surface area contributed by atoms with Gasteiger partial charge in [-0.25, -0.2) is 4.98 Å². The fourth-order valence-electron chi connectivity index (χ4n) is 1.79. The van der Waals surface area contributed by atoms with E-state index in [0.29, 0.717) is 5.82 Å². The lowest BCUT2D eigenvalue weighted by atomic mass is 10.1. The molecule has 0 aliphatic carbocycles. The molecule has 1 atom stereocenters. The molecule has 0 bridgehead atoms. The molecule has 0 saturated heterocycles. The molecule has 2 aromatic rings. The summed E-state index contributed by atoms with van der Waals surface area (Å²) in [5.74, 6) is -0.605. The van der Waals surface area contributed by atoms with Crippen molar-refractivity contribution in [2.75, 3.05) is 5.32 Å². The van der Waals surface area contributed by atoms with Crippen molar-refractivity contribution in [2.45, 2.75) is 19.3 Å². The van der Waals surface area contributed by atoms with Crippen LogP contribution in [0.5, 0.6) is 0 Å². The van der Waals surface area contributed by atoms with Gasteiger partial charge in [0.1, 0.15) is 11.6 Å². The van der Waals surface area contributed by atoms with Gasteiger partial charge in [0.15, 0.2) is 0 Å². The van der Waals surface area contributed by atoms with Gasteiger partial charge in [-0.05, 0) is 35.7 Å². The smallest absolute Gasteiger partial charge is 0.347 e. The first-order valence-corrected chi connectivity index (χ1v) is 8.06. The van der Waals surface area contributed by atoms with Crippen molar-refractivity contribution in [1.29, 1.82) is 0 Å². The van der Waals surface area contributed by atoms with Crippen LogP contribution in [0, 0.1) is 0 Å². The molecule has 0 aliphatic rings. The molecular weight excluding hydrogens is 291 g/mol. The van der Waals surface area contributed by atoms with E-state index in [4.69, 9.17) is 14.9 Å². The minimum absolute atomic E-state index is 0.0107. The molecule has 0 aliphatic heterocycles. The quantitative estimate of drug-likeness (QED) is 0.631. The number of pyridine rings is 1. The molecule has 21 heavy (non-hydrogen) atoms. The Morgan fingerprint density at radius 1 is 1.19 bits per heavy atom. The highest BCUT2D eigenvalue weighted by Gasteiger charge is 2.23. The summed E-state index contributed by atoms with van der Waals surface area (Å²) in [6, 6.07) is 10.9. The number of hydrogen-bond donors (Lipinski definition) is 4. The number of anilines is 1. The fraction of sp³-hybridized carbons (Fsp3) is 0.214. The van der Waals surface area contributed by atoms with Gasteiger partial charge in [0.25, 0.3) is 0 Å². The Kier molecular flexibility index (Phi) is 4.75. The number of aliphatic hydroxyl groups excluding tert-OH is 1. The van der Waals surface area contributed by atoms with E-state index >= 15 is 0 Å². The molecule has 112 valence electrons. The number of nitrogens with zero attached hydrogens (tertiary/aromatic N) is 1. The van der Waals surface area contributed by atoms with E-state index in [-0.39, 0.29) is 6.61 Å². The van der Waals surface area contributed by atoms with E-state index in [1.807, 2.05) is 24.3 Å². The summed E-state index contributed by atoms with van der Waals surface area (Å²) in [6.45, 7) is 1.40. The predicted octanol–water partition coefficient (Wildman–Crippen LogP) is 2.18. The molecule has 1 unspecified atom stereocenters. The molecule has 2 rings (SSSR count). The van der Waals surface area contributed by atoms with Gasteiger partial charge < -0.3 is 20.2 Å². The Balaban J connectivity index is 2.22. The van der Waals surface area contributed by atoms with Crippen LogP contribution in [0.1, 0.15) is 12.5 Å². The third-order valence-corrected chi connectivity index (χ3v) is 4.23. The van der Waals surface area contributed by atoms with Crippen LogP contribution >= 0.6 is 7.60 Å². The molecule has 4 N–H and O–H groups in total. The zero-order valence-corrected chi connectivity index (χ0v) is 12.4. The fourth-order valence-corrected chi connectivity index (χ4v) is 2.09. The summed E-state index contributed by atoms with van der Waals surface area (Å²) >= 11 is 0. The Morgan fingerprint density at radius 3 is 2.43 bits per heavy atom. The normalized spacial score (nSPS) is 13.0. The summed E-state index contributed by atoms with van der Waals surface area (Å²) in [7, 11) is -4.20. The van der Waals surface area contributed by atoms with Crippen LogP contribution in [0.15, 0.2) is 42.6 Å². The molecule has 6 nitrogen and oxygen atoms in total. The highest BCUT2D eigenvalue weighted by atomic mass is 31.2. The summed E-state index contributed by atoms with van der Waals surface area (Å²) in [4.78, 5) is 22.2. The van der Waals surface area contributed by atoms with E-state index in [0.717, 1.165) is 16.7 Å². The lowest BCUT2D eigenvalue weighted by Gasteiger charge is -2.16. The van der Waals surface area contributed by atoms with Gasteiger partial charge in [0.2, 0.25) is 0 Å². The molecule has 0 spiro atoms. The van der Waals surface area contributed by atoms with Crippen molar-refractivity contribution in [3.63, 3.8) is 0 Å². The van der Waals surface area contributed by atoms with Gasteiger partial charge in [0.05, 0.1) is 6.61 Å². The van der Waals surface area contributed by atoms with Crippen LogP contribution in [-0.2, 0) is 11.2 Å². The van der Waals surface area contributed by atoms with Crippen LogP contribution in [-0.4, -0.2) is 25.7 Å². The molecule has 0 fully saturated rings. The van der Waals surface area contributed by atoms with E-state index < -0.39 is 13.4 Å². The molecular formula is C14H17N2O4P. The zero-order valence-electron chi connectivity index (χ0n) is 11.5. The van der Waals surface area contributed by atoms with Crippen molar-refractivity contribution >= 4 is 13.4 Å². The number of aromatic nitrogens is 1. The zero-order chi connectivity index (χ0) is 15.5. The summed E-state index contributed by atoms with van der Waals surface area (Å²) in [5, 5.41) is 11.7. The van der Waals surface area contributed by atoms with Crippen molar-refractivity contribution in [2.24, 2.45) is 0 Å². The van der Waals surface area contributed by atoms with Crippen molar-refractivity contribution in [3.05, 3.63) is 48.2 Å². The van der Waals surface area contributed by atoms with Crippen molar-refractivity contribution < 1.29 is 19.5 Å². The van der Waals surface area contributed by atoms with E-state index in [1.54, 1.807) is 18.3 Å². The van der Waals surface area contributed by atoms with E-state index in [1.165, 1.54) is 6.92 Å². The monoisotopic (exact) mass is 308 g/mol. The number of hydrogen-bond acceptors (Lipinski definition) is 4. The van der Waals surface area contributed by atoms with Crippen LogP contribution in [0.2, 0.25) is 0 Å². The topological polar surface area (TPSA) is 103 Å². The van der Waals surface area contributed by atoms with Crippen molar-refractivity contribution in [1.82, 2.24) is 4.98 Å². The second-order valence-electron chi connectivity index (χ2n) is 4.69. The van der Waals surface area contributed by atoms with E-state index in [2.05, 4.69) is 10.3 Å². The number of rotatable bonds is 5. The minimum atomic E-state index is -4.20. The highest BCUT2D eigenvalue weighted by Crippen LogP contribution is 2.40. The van der Waals surface area contributed by atoms with Crippen LogP contribution < -0.4 is 5.32 Å². The average Bonchev–Trinajstić information content (AvgIpc) is 2.46. The number of aliphatic hydroxyl groups is 1. The van der Waals surface area contributed by atoms with Crippen LogP contribution in [0.3, 0.4) is 0 Å². The Labute approximate surface area is 122 Å². The maximum Gasteiger partial charge on any atom is 0.347 e. The average molecular weight is 308 g/mol. The molecule has 7 heteroatoms. The third-order valence-electron chi connectivity index (χ3n) is 3.09. The molecule has 1 aromatic heterocycles. The predicted molar refractivity (Wildman–Crippen MR) is 80.7 cm³/mol. The second-order valence-corrected chi connectivity index (χ2v) is 6.65. The first kappa shape index (κ1) is 15.7. The lowest BCUT2D eigenvalue weighted by Crippen LogP contribution is -2.16. The largest absolute Gasteiger partial charge is 0.392 e. The summed E-state index contributed by atoms with van der Waals surface area (Å²) in [5.41, 5.74) is 2.62. The Hall–Kier alpha value is -1.72. The maximum absolute atomic E-state index is 11.1. The van der Waals surface area contributed by atoms with Gasteiger partial charge in [-0.3, -0.25) is 4.57 Å². The van der Waals surface area contributed by atoms with Gasteiger partial charge in [-0.1, -0.05) is 24.3 Å². The van der Waals surface area contributed by atoms with Crippen LogP contribution in [0.4, 0.5) is 5.82 Å². The Morgan fingerprint density at radius 2 is 1.86 bits per heavy atom. The van der Waals surface area contributed by atoms with Gasteiger partial charge >= 0.3 is 7.60 Å². The van der Waals surface area contributed by atoms with E-state index in [9.17, 15) is 4.57 Å². The van der Waals surface area contributed by atoms with Gasteiger partial charge in [-0.2, -0.15) is 0 Å². The molecule has 1 heterocycles. The number of nitrogens with one attached hydrogen (secondary N) is 1.